The predicted octanol–water partition coefficient (Wildman–Crippen LogP) is 5.70. The maximum Gasteiger partial charge on any atom is 0.0253 e. The van der Waals surface area contributed by atoms with E-state index in [0.717, 1.165) is 11.1 Å². The third kappa shape index (κ3) is 5.87. The summed E-state index contributed by atoms with van der Waals surface area (Å²) in [6, 6.07) is 8.54. The van der Waals surface area contributed by atoms with Gasteiger partial charge in [0.05, 0.1) is 0 Å². The monoisotopic (exact) mass is 259 g/mol. The molecule has 0 amide bonds. The van der Waals surface area contributed by atoms with Gasteiger partial charge in [0, 0.05) is 6.21 Å². The van der Waals surface area contributed by atoms with Crippen LogP contribution in [0.15, 0.2) is 30.3 Å². The zero-order valence-corrected chi connectivity index (χ0v) is 13.5. The Bertz CT molecular complexity index is 402. The first-order valence-electron chi connectivity index (χ1n) is 7.18. The van der Waals surface area contributed by atoms with Crippen molar-refractivity contribution in [3.63, 3.8) is 0 Å². The Balaban J connectivity index is 0.00000154. The second kappa shape index (κ2) is 7.93. The highest BCUT2D eigenvalue weighted by Gasteiger charge is 2.13. The van der Waals surface area contributed by atoms with Crippen molar-refractivity contribution in [2.75, 3.05) is 0 Å². The molecule has 0 fully saturated rings. The number of hydrogen-bond acceptors (Lipinski definition) is 1. The molecule has 1 rings (SSSR count). The van der Waals surface area contributed by atoms with Crippen LogP contribution in [0.5, 0.6) is 0 Å². The number of allylic oxidation sites excluding steroid dienone is 2. The molecule has 0 aliphatic carbocycles. The van der Waals surface area contributed by atoms with Crippen molar-refractivity contribution in [2.24, 2.45) is 5.92 Å². The number of rotatable bonds is 3. The van der Waals surface area contributed by atoms with E-state index in [1.54, 1.807) is 0 Å². The van der Waals surface area contributed by atoms with Gasteiger partial charge in [-0.05, 0) is 28.0 Å². The Hall–Kier alpha value is -1.37. The molecular weight excluding hydrogens is 230 g/mol. The van der Waals surface area contributed by atoms with Gasteiger partial charge in [-0.15, -0.1) is 0 Å². The van der Waals surface area contributed by atoms with E-state index in [-0.39, 0.29) is 5.41 Å². The maximum absolute atomic E-state index is 7.47. The average Bonchev–Trinajstić information content (AvgIpc) is 2.37. The lowest BCUT2D eigenvalue weighted by Crippen LogP contribution is -2.10. The van der Waals surface area contributed by atoms with Crippen LogP contribution in [-0.4, -0.2) is 6.21 Å². The fourth-order valence-electron chi connectivity index (χ4n) is 1.75. The summed E-state index contributed by atoms with van der Waals surface area (Å²) in [5.74, 6) is 0.467. The molecule has 1 heteroatoms. The van der Waals surface area contributed by atoms with Crippen molar-refractivity contribution in [1.82, 2.24) is 0 Å². The standard InChI is InChI=1S/C16H23N.C2H6/c1-12(2)10-14(11-17)13-6-8-15(9-7-13)16(3,4)5;1-2/h6-12,17H,1-5H3;1-2H3/b14-10+,17-11?;. The molecule has 0 aliphatic heterocycles. The van der Waals surface area contributed by atoms with Crippen LogP contribution in [0.3, 0.4) is 0 Å². The lowest BCUT2D eigenvalue weighted by molar-refractivity contribution is 0.590. The van der Waals surface area contributed by atoms with Gasteiger partial charge >= 0.3 is 0 Å². The summed E-state index contributed by atoms with van der Waals surface area (Å²) >= 11 is 0. The normalized spacial score (nSPS) is 11.9. The molecule has 0 aromatic heterocycles. The number of hydrogen-bond donors (Lipinski definition) is 1. The summed E-state index contributed by atoms with van der Waals surface area (Å²) in [7, 11) is 0. The highest BCUT2D eigenvalue weighted by atomic mass is 14.3. The lowest BCUT2D eigenvalue weighted by Gasteiger charge is -2.19. The Labute approximate surface area is 119 Å². The molecule has 0 spiro atoms. The molecule has 1 N–H and O–H groups in total. The van der Waals surface area contributed by atoms with Gasteiger partial charge in [-0.25, -0.2) is 0 Å². The Morgan fingerprint density at radius 2 is 1.53 bits per heavy atom. The zero-order valence-electron chi connectivity index (χ0n) is 13.5. The topological polar surface area (TPSA) is 23.9 Å². The van der Waals surface area contributed by atoms with Gasteiger partial charge < -0.3 is 5.41 Å². The quantitative estimate of drug-likeness (QED) is 0.673. The van der Waals surface area contributed by atoms with Crippen molar-refractivity contribution in [3.05, 3.63) is 41.5 Å². The van der Waals surface area contributed by atoms with Crippen LogP contribution < -0.4 is 0 Å². The predicted molar refractivity (Wildman–Crippen MR) is 88.1 cm³/mol. The molecule has 0 radical (unpaired) electrons. The number of nitrogens with one attached hydrogen (secondary N) is 1. The van der Waals surface area contributed by atoms with E-state index < -0.39 is 0 Å². The molecule has 1 aromatic rings. The molecule has 0 saturated carbocycles. The van der Waals surface area contributed by atoms with Crippen LogP contribution in [0, 0.1) is 11.3 Å². The lowest BCUT2D eigenvalue weighted by atomic mass is 9.86. The summed E-state index contributed by atoms with van der Waals surface area (Å²) < 4.78 is 0. The van der Waals surface area contributed by atoms with Gasteiger partial charge in [0.15, 0.2) is 0 Å². The zero-order chi connectivity index (χ0) is 15.1. The summed E-state index contributed by atoms with van der Waals surface area (Å²) in [4.78, 5) is 0. The minimum Gasteiger partial charge on any atom is -0.308 e. The molecule has 0 unspecified atom stereocenters. The van der Waals surface area contributed by atoms with Gasteiger partial charge in [-0.2, -0.15) is 0 Å². The summed E-state index contributed by atoms with van der Waals surface area (Å²) in [6.07, 6.45) is 3.56. The van der Waals surface area contributed by atoms with E-state index in [4.69, 9.17) is 5.41 Å². The summed E-state index contributed by atoms with van der Waals surface area (Å²) in [5, 5.41) is 7.47. The van der Waals surface area contributed by atoms with Crippen molar-refractivity contribution in [3.8, 4) is 0 Å². The molecular formula is C18H29N. The Kier molecular flexibility index (Phi) is 7.36. The molecule has 0 aliphatic rings. The van der Waals surface area contributed by atoms with Crippen LogP contribution in [0.4, 0.5) is 0 Å². The van der Waals surface area contributed by atoms with Crippen LogP contribution in [0.1, 0.15) is 59.6 Å². The van der Waals surface area contributed by atoms with Crippen molar-refractivity contribution in [1.29, 1.82) is 5.41 Å². The molecule has 1 nitrogen and oxygen atoms in total. The first kappa shape index (κ1) is 17.6. The van der Waals surface area contributed by atoms with Crippen molar-refractivity contribution in [2.45, 2.75) is 53.9 Å². The van der Waals surface area contributed by atoms with E-state index in [2.05, 4.69) is 65.0 Å². The van der Waals surface area contributed by atoms with Gasteiger partial charge in [0.1, 0.15) is 0 Å². The van der Waals surface area contributed by atoms with Gasteiger partial charge in [-0.3, -0.25) is 0 Å². The molecule has 106 valence electrons. The molecule has 1 aromatic carbocycles. The van der Waals surface area contributed by atoms with E-state index in [1.807, 2.05) is 13.8 Å². The van der Waals surface area contributed by atoms with E-state index in [9.17, 15) is 0 Å². The Morgan fingerprint density at radius 1 is 1.05 bits per heavy atom. The Morgan fingerprint density at radius 3 is 1.84 bits per heavy atom. The van der Waals surface area contributed by atoms with Crippen LogP contribution in [0.25, 0.3) is 5.57 Å². The SMILES string of the molecule is CC.CC(C)/C=C(\C=N)c1ccc(C(C)(C)C)cc1. The fraction of sp³-hybridized carbons (Fsp3) is 0.500. The second-order valence-electron chi connectivity index (χ2n) is 5.84. The number of benzene rings is 1. The van der Waals surface area contributed by atoms with Crippen LogP contribution in [-0.2, 0) is 5.41 Å². The minimum absolute atomic E-state index is 0.186. The van der Waals surface area contributed by atoms with E-state index in [1.165, 1.54) is 11.8 Å². The third-order valence-electron chi connectivity index (χ3n) is 2.75. The summed E-state index contributed by atoms with van der Waals surface area (Å²) in [5.41, 5.74) is 3.64. The minimum atomic E-state index is 0.186. The summed E-state index contributed by atoms with van der Waals surface area (Å²) in [6.45, 7) is 14.9. The van der Waals surface area contributed by atoms with Crippen LogP contribution >= 0.6 is 0 Å². The molecule has 0 saturated heterocycles. The highest BCUT2D eigenvalue weighted by molar-refractivity contribution is 6.08. The molecule has 0 heterocycles. The van der Waals surface area contributed by atoms with Gasteiger partial charge in [0.25, 0.3) is 0 Å². The molecule has 0 bridgehead atoms. The first-order chi connectivity index (χ1) is 8.84. The molecule has 0 atom stereocenters. The second-order valence-corrected chi connectivity index (χ2v) is 5.84. The first-order valence-corrected chi connectivity index (χ1v) is 7.18. The third-order valence-corrected chi connectivity index (χ3v) is 2.75. The largest absolute Gasteiger partial charge is 0.308 e. The maximum atomic E-state index is 7.47. The smallest absolute Gasteiger partial charge is 0.0253 e. The van der Waals surface area contributed by atoms with E-state index >= 15 is 0 Å². The average molecular weight is 259 g/mol. The van der Waals surface area contributed by atoms with Gasteiger partial charge in [0.2, 0.25) is 0 Å². The van der Waals surface area contributed by atoms with E-state index in [0.29, 0.717) is 5.92 Å². The van der Waals surface area contributed by atoms with Crippen molar-refractivity contribution < 1.29 is 0 Å². The van der Waals surface area contributed by atoms with Crippen LogP contribution in [0.2, 0.25) is 0 Å². The highest BCUT2D eigenvalue weighted by Crippen LogP contribution is 2.24. The molecule has 19 heavy (non-hydrogen) atoms. The fourth-order valence-corrected chi connectivity index (χ4v) is 1.75. The van der Waals surface area contributed by atoms with Gasteiger partial charge in [-0.1, -0.05) is 78.8 Å². The van der Waals surface area contributed by atoms with Crippen molar-refractivity contribution >= 4 is 11.8 Å².